The Morgan fingerprint density at radius 2 is 1.82 bits per heavy atom. The maximum atomic E-state index is 12.7. The lowest BCUT2D eigenvalue weighted by Crippen LogP contribution is -2.38. The fourth-order valence-electron chi connectivity index (χ4n) is 3.52. The van der Waals surface area contributed by atoms with Crippen LogP contribution in [0.1, 0.15) is 11.6 Å². The summed E-state index contributed by atoms with van der Waals surface area (Å²) in [5.74, 6) is 0.0820. The van der Waals surface area contributed by atoms with E-state index in [1.165, 1.54) is 11.8 Å². The van der Waals surface area contributed by atoms with Gasteiger partial charge in [-0.25, -0.2) is 4.98 Å². The minimum absolute atomic E-state index is 0.00181. The number of hydrogen-bond donors (Lipinski definition) is 2. The summed E-state index contributed by atoms with van der Waals surface area (Å²) in [6.07, 6.45) is 1.57. The van der Waals surface area contributed by atoms with Crippen molar-refractivity contribution in [3.63, 3.8) is 0 Å². The van der Waals surface area contributed by atoms with Gasteiger partial charge >= 0.3 is 0 Å². The number of hydrogen-bond acceptors (Lipinski definition) is 7. The molecule has 0 bridgehead atoms. The van der Waals surface area contributed by atoms with Crippen LogP contribution in [0.2, 0.25) is 0 Å². The summed E-state index contributed by atoms with van der Waals surface area (Å²) in [7, 11) is 0. The summed E-state index contributed by atoms with van der Waals surface area (Å²) >= 11 is 1.18. The first-order valence-electron chi connectivity index (χ1n) is 10.1. The standard InChI is InChI=1S/C23H18N6O3S/c24-20(31)19(14-7-2-1-3-8-14)26-18(30)13-33-23-28-27-21-15-9-4-5-10-16(15)25-22(29(21)23)17-11-6-12-32-17/h1-12,19H,13H2,(H2,24,31)(H,26,30)/t19-/m0/s1. The van der Waals surface area contributed by atoms with E-state index in [1.807, 2.05) is 30.3 Å². The van der Waals surface area contributed by atoms with Gasteiger partial charge in [-0.05, 0) is 29.8 Å². The number of para-hydroxylation sites is 1. The smallest absolute Gasteiger partial charge is 0.244 e. The second kappa shape index (κ2) is 8.75. The first kappa shape index (κ1) is 20.7. The highest BCUT2D eigenvalue weighted by atomic mass is 32.2. The molecule has 33 heavy (non-hydrogen) atoms. The van der Waals surface area contributed by atoms with Gasteiger partial charge in [0.2, 0.25) is 11.8 Å². The number of nitrogens with one attached hydrogen (secondary N) is 1. The maximum Gasteiger partial charge on any atom is 0.244 e. The number of carbonyl (C=O) groups excluding carboxylic acids is 2. The zero-order valence-corrected chi connectivity index (χ0v) is 18.0. The second-order valence-corrected chi connectivity index (χ2v) is 8.12. The molecule has 3 aromatic heterocycles. The van der Waals surface area contributed by atoms with Crippen molar-refractivity contribution >= 4 is 40.1 Å². The van der Waals surface area contributed by atoms with Gasteiger partial charge in [0.1, 0.15) is 6.04 Å². The number of benzene rings is 2. The topological polar surface area (TPSA) is 128 Å². The molecule has 0 saturated carbocycles. The van der Waals surface area contributed by atoms with Crippen LogP contribution in [0.15, 0.2) is 82.6 Å². The molecule has 0 spiro atoms. The minimum Gasteiger partial charge on any atom is -0.461 e. The Labute approximate surface area is 192 Å². The predicted octanol–water partition coefficient (Wildman–Crippen LogP) is 2.97. The number of furan rings is 1. The van der Waals surface area contributed by atoms with Gasteiger partial charge in [0, 0.05) is 5.39 Å². The molecule has 0 radical (unpaired) electrons. The summed E-state index contributed by atoms with van der Waals surface area (Å²) in [5, 5.41) is 12.6. The lowest BCUT2D eigenvalue weighted by atomic mass is 10.1. The van der Waals surface area contributed by atoms with Crippen molar-refractivity contribution in [3.05, 3.63) is 78.6 Å². The van der Waals surface area contributed by atoms with Crippen LogP contribution < -0.4 is 11.1 Å². The number of primary amides is 1. The van der Waals surface area contributed by atoms with Crippen LogP contribution in [-0.2, 0) is 9.59 Å². The van der Waals surface area contributed by atoms with Crippen LogP contribution in [0.3, 0.4) is 0 Å². The Morgan fingerprint density at radius 3 is 2.58 bits per heavy atom. The molecule has 5 rings (SSSR count). The van der Waals surface area contributed by atoms with Crippen molar-refractivity contribution < 1.29 is 14.0 Å². The van der Waals surface area contributed by atoms with E-state index in [9.17, 15) is 9.59 Å². The van der Waals surface area contributed by atoms with E-state index in [0.29, 0.717) is 28.0 Å². The van der Waals surface area contributed by atoms with E-state index in [2.05, 4.69) is 15.5 Å². The zero-order chi connectivity index (χ0) is 22.8. The highest BCUT2D eigenvalue weighted by Gasteiger charge is 2.22. The van der Waals surface area contributed by atoms with Gasteiger partial charge in [0.25, 0.3) is 0 Å². The first-order chi connectivity index (χ1) is 16.1. The molecule has 1 atom stereocenters. The second-order valence-electron chi connectivity index (χ2n) is 7.17. The summed E-state index contributed by atoms with van der Waals surface area (Å²) in [6, 6.07) is 19.1. The van der Waals surface area contributed by atoms with Crippen molar-refractivity contribution in [1.29, 1.82) is 0 Å². The van der Waals surface area contributed by atoms with Gasteiger partial charge in [-0.1, -0.05) is 54.2 Å². The molecule has 0 fully saturated rings. The Kier molecular flexibility index (Phi) is 5.49. The molecule has 0 aliphatic rings. The van der Waals surface area contributed by atoms with Gasteiger partial charge < -0.3 is 15.5 Å². The van der Waals surface area contributed by atoms with Crippen molar-refractivity contribution in [2.75, 3.05) is 5.75 Å². The van der Waals surface area contributed by atoms with Crippen molar-refractivity contribution in [1.82, 2.24) is 24.9 Å². The number of fused-ring (bicyclic) bond motifs is 3. The largest absolute Gasteiger partial charge is 0.461 e. The van der Waals surface area contributed by atoms with Gasteiger partial charge in [0.15, 0.2) is 22.4 Å². The highest BCUT2D eigenvalue weighted by Crippen LogP contribution is 2.29. The van der Waals surface area contributed by atoms with Crippen molar-refractivity contribution in [3.8, 4) is 11.6 Å². The Morgan fingerprint density at radius 1 is 1.03 bits per heavy atom. The molecule has 0 saturated heterocycles. The minimum atomic E-state index is -0.918. The number of nitrogens with zero attached hydrogens (tertiary/aromatic N) is 4. The number of carbonyl (C=O) groups is 2. The Bertz CT molecular complexity index is 1450. The molecular formula is C23H18N6O3S. The number of rotatable bonds is 7. The molecular weight excluding hydrogens is 440 g/mol. The van der Waals surface area contributed by atoms with Crippen LogP contribution in [-0.4, -0.2) is 37.1 Å². The fourth-order valence-corrected chi connectivity index (χ4v) is 4.27. The fraction of sp³-hybridized carbons (Fsp3) is 0.0870. The van der Waals surface area contributed by atoms with Crippen LogP contribution in [0.4, 0.5) is 0 Å². The lowest BCUT2D eigenvalue weighted by molar-refractivity contribution is -0.126. The van der Waals surface area contributed by atoms with Crippen molar-refractivity contribution in [2.24, 2.45) is 5.73 Å². The van der Waals surface area contributed by atoms with Crippen molar-refractivity contribution in [2.45, 2.75) is 11.2 Å². The number of nitrogens with two attached hydrogens (primary N) is 1. The van der Waals surface area contributed by atoms with E-state index in [1.54, 1.807) is 47.1 Å². The van der Waals surface area contributed by atoms with Gasteiger partial charge in [-0.2, -0.15) is 0 Å². The van der Waals surface area contributed by atoms with Crippen LogP contribution in [0.25, 0.3) is 28.1 Å². The molecule has 2 amide bonds. The summed E-state index contributed by atoms with van der Waals surface area (Å²) < 4.78 is 7.34. The number of amides is 2. The molecule has 0 aliphatic heterocycles. The molecule has 5 aromatic rings. The van der Waals surface area contributed by atoms with Gasteiger partial charge in [0.05, 0.1) is 17.5 Å². The quantitative estimate of drug-likeness (QED) is 0.359. The van der Waals surface area contributed by atoms with E-state index >= 15 is 0 Å². The Hall–Kier alpha value is -4.18. The lowest BCUT2D eigenvalue weighted by Gasteiger charge is -2.15. The van der Waals surface area contributed by atoms with Gasteiger partial charge in [-0.3, -0.25) is 14.0 Å². The van der Waals surface area contributed by atoms with Crippen LogP contribution >= 0.6 is 11.8 Å². The monoisotopic (exact) mass is 458 g/mol. The van der Waals surface area contributed by atoms with E-state index < -0.39 is 11.9 Å². The average molecular weight is 459 g/mol. The number of thioether (sulfide) groups is 1. The third-order valence-electron chi connectivity index (χ3n) is 5.01. The molecule has 0 aliphatic carbocycles. The molecule has 3 heterocycles. The SMILES string of the molecule is NC(=O)[C@@H](NC(=O)CSc1nnc2c3ccccc3nc(-c3ccco3)n12)c1ccccc1. The Balaban J connectivity index is 1.44. The van der Waals surface area contributed by atoms with Crippen LogP contribution in [0, 0.1) is 0 Å². The van der Waals surface area contributed by atoms with E-state index in [-0.39, 0.29) is 11.7 Å². The molecule has 3 N–H and O–H groups in total. The molecule has 10 heteroatoms. The molecule has 9 nitrogen and oxygen atoms in total. The maximum absolute atomic E-state index is 12.7. The normalized spacial score (nSPS) is 12.1. The van der Waals surface area contributed by atoms with Gasteiger partial charge in [-0.15, -0.1) is 10.2 Å². The van der Waals surface area contributed by atoms with E-state index in [0.717, 1.165) is 10.9 Å². The molecule has 2 aromatic carbocycles. The number of aromatic nitrogens is 4. The van der Waals surface area contributed by atoms with Crippen LogP contribution in [0.5, 0.6) is 0 Å². The summed E-state index contributed by atoms with van der Waals surface area (Å²) in [5.41, 5.74) is 7.48. The highest BCUT2D eigenvalue weighted by molar-refractivity contribution is 7.99. The summed E-state index contributed by atoms with van der Waals surface area (Å²) in [6.45, 7) is 0. The summed E-state index contributed by atoms with van der Waals surface area (Å²) in [4.78, 5) is 29.3. The third-order valence-corrected chi connectivity index (χ3v) is 5.94. The van der Waals surface area contributed by atoms with E-state index in [4.69, 9.17) is 15.1 Å². The predicted molar refractivity (Wildman–Crippen MR) is 123 cm³/mol. The molecule has 164 valence electrons. The third kappa shape index (κ3) is 4.03. The first-order valence-corrected chi connectivity index (χ1v) is 11.0. The zero-order valence-electron chi connectivity index (χ0n) is 17.2. The molecule has 0 unspecified atom stereocenters. The average Bonchev–Trinajstić information content (AvgIpc) is 3.52.